The van der Waals surface area contributed by atoms with Gasteiger partial charge in [-0.1, -0.05) is 17.7 Å². The van der Waals surface area contributed by atoms with Crippen LogP contribution in [0.5, 0.6) is 0 Å². The van der Waals surface area contributed by atoms with Crippen molar-refractivity contribution in [1.82, 2.24) is 0 Å². The molecule has 0 radical (unpaired) electrons. The zero-order valence-electron chi connectivity index (χ0n) is 12.0. The van der Waals surface area contributed by atoms with Crippen LogP contribution in [0.25, 0.3) is 0 Å². The van der Waals surface area contributed by atoms with Gasteiger partial charge in [-0.25, -0.2) is 13.6 Å². The van der Waals surface area contributed by atoms with Crippen LogP contribution in [-0.4, -0.2) is 17.6 Å². The van der Waals surface area contributed by atoms with Crippen molar-refractivity contribution in [2.24, 2.45) is 5.73 Å². The molecular formula is C14H17ClF2N2O2. The molecular weight excluding hydrogens is 302 g/mol. The van der Waals surface area contributed by atoms with E-state index in [4.69, 9.17) is 22.1 Å². The van der Waals surface area contributed by atoms with E-state index in [9.17, 15) is 13.6 Å². The molecule has 116 valence electrons. The summed E-state index contributed by atoms with van der Waals surface area (Å²) in [5.74, 6) is -2.99. The molecule has 1 aliphatic carbocycles. The van der Waals surface area contributed by atoms with Crippen LogP contribution < -0.4 is 11.1 Å². The Balaban J connectivity index is 2.28. The average molecular weight is 319 g/mol. The number of hydrogen-bond acceptors (Lipinski definition) is 3. The Labute approximate surface area is 126 Å². The highest BCUT2D eigenvalue weighted by molar-refractivity contribution is 6.31. The standard InChI is InChI=1S/C14H17ClF2N2O2/c1-12(2,3)21-11(20)19-10-6-8(15)4-5-9(10)13(18)7-14(13,16)17/h4-6H,7,18H2,1-3H3,(H,19,20). The van der Waals surface area contributed by atoms with Gasteiger partial charge in [-0.15, -0.1) is 0 Å². The van der Waals surface area contributed by atoms with Gasteiger partial charge in [0.2, 0.25) is 0 Å². The van der Waals surface area contributed by atoms with Crippen LogP contribution in [0.4, 0.5) is 19.3 Å². The minimum atomic E-state index is -2.99. The van der Waals surface area contributed by atoms with Crippen molar-refractivity contribution in [3.63, 3.8) is 0 Å². The Morgan fingerprint density at radius 1 is 1.43 bits per heavy atom. The third-order valence-electron chi connectivity index (χ3n) is 3.13. The predicted molar refractivity (Wildman–Crippen MR) is 76.7 cm³/mol. The number of alkyl halides is 2. The van der Waals surface area contributed by atoms with E-state index < -0.39 is 29.6 Å². The second kappa shape index (κ2) is 4.81. The number of rotatable bonds is 2. The van der Waals surface area contributed by atoms with Gasteiger partial charge in [0.05, 0.1) is 5.69 Å². The molecule has 3 N–H and O–H groups in total. The lowest BCUT2D eigenvalue weighted by atomic mass is 10.0. The molecule has 1 saturated carbocycles. The third-order valence-corrected chi connectivity index (χ3v) is 3.36. The molecule has 0 aromatic heterocycles. The average Bonchev–Trinajstić information content (AvgIpc) is 2.75. The largest absolute Gasteiger partial charge is 0.444 e. The number of anilines is 1. The fourth-order valence-corrected chi connectivity index (χ4v) is 2.19. The van der Waals surface area contributed by atoms with Crippen molar-refractivity contribution in [2.75, 3.05) is 5.32 Å². The van der Waals surface area contributed by atoms with Gasteiger partial charge in [-0.3, -0.25) is 5.32 Å². The van der Waals surface area contributed by atoms with Crippen molar-refractivity contribution < 1.29 is 18.3 Å². The first-order chi connectivity index (χ1) is 9.45. The lowest BCUT2D eigenvalue weighted by Gasteiger charge is -2.22. The summed E-state index contributed by atoms with van der Waals surface area (Å²) >= 11 is 5.85. The van der Waals surface area contributed by atoms with Gasteiger partial charge in [-0.2, -0.15) is 0 Å². The molecule has 7 heteroatoms. The summed E-state index contributed by atoms with van der Waals surface area (Å²) in [4.78, 5) is 11.8. The number of carbonyl (C=O) groups is 1. The first kappa shape index (κ1) is 16.0. The second-order valence-corrected chi connectivity index (χ2v) is 6.61. The molecule has 1 fully saturated rings. The monoisotopic (exact) mass is 318 g/mol. The van der Waals surface area contributed by atoms with E-state index in [2.05, 4.69) is 5.32 Å². The van der Waals surface area contributed by atoms with E-state index in [1.807, 2.05) is 0 Å². The third kappa shape index (κ3) is 3.27. The highest BCUT2D eigenvalue weighted by Crippen LogP contribution is 2.59. The van der Waals surface area contributed by atoms with Gasteiger partial charge in [0.25, 0.3) is 5.92 Å². The number of nitrogens with two attached hydrogens (primary N) is 1. The summed E-state index contributed by atoms with van der Waals surface area (Å²) in [5.41, 5.74) is 3.51. The topological polar surface area (TPSA) is 64.3 Å². The maximum absolute atomic E-state index is 13.5. The zero-order valence-corrected chi connectivity index (χ0v) is 12.7. The van der Waals surface area contributed by atoms with Crippen molar-refractivity contribution in [2.45, 2.75) is 44.3 Å². The molecule has 1 aromatic carbocycles. The highest BCUT2D eigenvalue weighted by Gasteiger charge is 2.70. The van der Waals surface area contributed by atoms with Gasteiger partial charge in [-0.05, 0) is 32.9 Å². The number of nitrogens with one attached hydrogen (secondary N) is 1. The molecule has 4 nitrogen and oxygen atoms in total. The minimum Gasteiger partial charge on any atom is -0.444 e. The van der Waals surface area contributed by atoms with Gasteiger partial charge < -0.3 is 10.5 Å². The predicted octanol–water partition coefficient (Wildman–Crippen LogP) is 3.88. The van der Waals surface area contributed by atoms with Crippen LogP contribution in [0.15, 0.2) is 18.2 Å². The fraction of sp³-hybridized carbons (Fsp3) is 0.500. The fourth-order valence-electron chi connectivity index (χ4n) is 2.02. The summed E-state index contributed by atoms with van der Waals surface area (Å²) in [6, 6.07) is 4.24. The molecule has 0 aliphatic heterocycles. The first-order valence-electron chi connectivity index (χ1n) is 6.41. The quantitative estimate of drug-likeness (QED) is 0.869. The van der Waals surface area contributed by atoms with Crippen molar-refractivity contribution in [1.29, 1.82) is 0 Å². The van der Waals surface area contributed by atoms with Gasteiger partial charge in [0, 0.05) is 17.0 Å². The molecule has 1 atom stereocenters. The van der Waals surface area contributed by atoms with E-state index >= 15 is 0 Å². The Bertz CT molecular complexity index is 587. The Hall–Kier alpha value is -1.40. The van der Waals surface area contributed by atoms with Crippen LogP contribution in [0.2, 0.25) is 5.02 Å². The van der Waals surface area contributed by atoms with Gasteiger partial charge >= 0.3 is 6.09 Å². The van der Waals surface area contributed by atoms with E-state index in [1.165, 1.54) is 18.2 Å². The van der Waals surface area contributed by atoms with Crippen LogP contribution in [-0.2, 0) is 10.3 Å². The van der Waals surface area contributed by atoms with Crippen molar-refractivity contribution in [3.8, 4) is 0 Å². The van der Waals surface area contributed by atoms with Crippen LogP contribution in [0.3, 0.4) is 0 Å². The minimum absolute atomic E-state index is 0.136. The number of carbonyl (C=O) groups excluding carboxylic acids is 1. The maximum atomic E-state index is 13.5. The molecule has 21 heavy (non-hydrogen) atoms. The summed E-state index contributed by atoms with van der Waals surface area (Å²) in [6.45, 7) is 5.10. The number of benzene rings is 1. The number of halogens is 3. The number of hydrogen-bond donors (Lipinski definition) is 2. The van der Waals surface area contributed by atoms with E-state index in [1.54, 1.807) is 20.8 Å². The van der Waals surface area contributed by atoms with E-state index in [0.29, 0.717) is 5.02 Å². The maximum Gasteiger partial charge on any atom is 0.412 e. The normalized spacial score (nSPS) is 23.6. The molecule has 1 aliphatic rings. The van der Waals surface area contributed by atoms with Crippen molar-refractivity contribution in [3.05, 3.63) is 28.8 Å². The van der Waals surface area contributed by atoms with Crippen LogP contribution in [0, 0.1) is 0 Å². The van der Waals surface area contributed by atoms with Gasteiger partial charge in [0.15, 0.2) is 0 Å². The van der Waals surface area contributed by atoms with E-state index in [-0.39, 0.29) is 11.3 Å². The molecule has 1 aromatic rings. The summed E-state index contributed by atoms with van der Waals surface area (Å²) in [6.07, 6.45) is -1.22. The number of ether oxygens (including phenoxy) is 1. The lowest BCUT2D eigenvalue weighted by Crippen LogP contribution is -2.31. The highest BCUT2D eigenvalue weighted by atomic mass is 35.5. The van der Waals surface area contributed by atoms with Gasteiger partial charge in [0.1, 0.15) is 11.1 Å². The molecule has 2 rings (SSSR count). The van der Waals surface area contributed by atoms with Crippen molar-refractivity contribution >= 4 is 23.4 Å². The van der Waals surface area contributed by atoms with Crippen LogP contribution in [0.1, 0.15) is 32.8 Å². The molecule has 0 heterocycles. The second-order valence-electron chi connectivity index (χ2n) is 6.17. The molecule has 0 bridgehead atoms. The SMILES string of the molecule is CC(C)(C)OC(=O)Nc1cc(Cl)ccc1C1(N)CC1(F)F. The molecule has 1 amide bonds. The summed E-state index contributed by atoms with van der Waals surface area (Å²) in [7, 11) is 0. The Morgan fingerprint density at radius 2 is 2.00 bits per heavy atom. The lowest BCUT2D eigenvalue weighted by molar-refractivity contribution is 0.0634. The summed E-state index contributed by atoms with van der Waals surface area (Å²) in [5, 5.41) is 2.74. The summed E-state index contributed by atoms with van der Waals surface area (Å²) < 4.78 is 32.0. The first-order valence-corrected chi connectivity index (χ1v) is 6.79. The Morgan fingerprint density at radius 3 is 2.48 bits per heavy atom. The smallest absolute Gasteiger partial charge is 0.412 e. The number of amides is 1. The molecule has 0 spiro atoms. The zero-order chi connectivity index (χ0) is 16.1. The molecule has 0 saturated heterocycles. The van der Waals surface area contributed by atoms with Crippen LogP contribution >= 0.6 is 11.6 Å². The Kier molecular flexibility index (Phi) is 3.66. The molecule has 1 unspecified atom stereocenters. The van der Waals surface area contributed by atoms with E-state index in [0.717, 1.165) is 0 Å².